The van der Waals surface area contributed by atoms with Gasteiger partial charge >= 0.3 is 5.97 Å². The van der Waals surface area contributed by atoms with Gasteiger partial charge in [0.25, 0.3) is 5.89 Å². The Labute approximate surface area is 149 Å². The molecule has 0 aliphatic heterocycles. The van der Waals surface area contributed by atoms with Crippen LogP contribution in [0.3, 0.4) is 0 Å². The molecule has 0 radical (unpaired) electrons. The highest BCUT2D eigenvalue weighted by molar-refractivity contribution is 6.30. The van der Waals surface area contributed by atoms with Crippen molar-refractivity contribution >= 4 is 17.6 Å². The maximum Gasteiger partial charge on any atom is 0.338 e. The van der Waals surface area contributed by atoms with Gasteiger partial charge in [-0.1, -0.05) is 11.6 Å². The summed E-state index contributed by atoms with van der Waals surface area (Å²) in [7, 11) is 0. The summed E-state index contributed by atoms with van der Waals surface area (Å²) >= 11 is 5.84. The van der Waals surface area contributed by atoms with E-state index in [0.29, 0.717) is 28.8 Å². The molecule has 3 aromatic rings. The maximum absolute atomic E-state index is 12.0. The van der Waals surface area contributed by atoms with Crippen molar-refractivity contribution in [3.8, 4) is 17.2 Å². The molecule has 0 bridgehead atoms. The Morgan fingerprint density at radius 3 is 2.48 bits per heavy atom. The maximum atomic E-state index is 12.0. The van der Waals surface area contributed by atoms with Crippen LogP contribution in [0.5, 0.6) is 5.75 Å². The van der Waals surface area contributed by atoms with Crippen LogP contribution in [0.25, 0.3) is 11.5 Å². The van der Waals surface area contributed by atoms with Gasteiger partial charge in [-0.3, -0.25) is 0 Å². The van der Waals surface area contributed by atoms with Gasteiger partial charge < -0.3 is 13.9 Å². The van der Waals surface area contributed by atoms with Gasteiger partial charge in [-0.15, -0.1) is 10.2 Å². The molecule has 0 N–H and O–H groups in total. The van der Waals surface area contributed by atoms with Gasteiger partial charge in [0.1, 0.15) is 5.75 Å². The normalized spacial score (nSPS) is 10.5. The fraction of sp³-hybridized carbons (Fsp3) is 0.167. The van der Waals surface area contributed by atoms with Crippen LogP contribution in [0.2, 0.25) is 5.02 Å². The standard InChI is InChI=1S/C18H15ClN2O4/c1-2-23-15-9-5-13(6-10-15)18(22)24-11-16-20-21-17(25-16)12-3-7-14(19)8-4-12/h3-10H,2,11H2,1H3. The number of nitrogens with zero attached hydrogens (tertiary/aromatic N) is 2. The summed E-state index contributed by atoms with van der Waals surface area (Å²) in [6.45, 7) is 2.36. The highest BCUT2D eigenvalue weighted by atomic mass is 35.5. The average Bonchev–Trinajstić information content (AvgIpc) is 3.10. The fourth-order valence-electron chi connectivity index (χ4n) is 2.09. The summed E-state index contributed by atoms with van der Waals surface area (Å²) in [6, 6.07) is 13.7. The second-order valence-electron chi connectivity index (χ2n) is 5.04. The highest BCUT2D eigenvalue weighted by Crippen LogP contribution is 2.20. The molecule has 1 heterocycles. The number of ether oxygens (including phenoxy) is 2. The van der Waals surface area contributed by atoms with E-state index in [0.717, 1.165) is 5.56 Å². The minimum atomic E-state index is -0.478. The summed E-state index contributed by atoms with van der Waals surface area (Å²) in [4.78, 5) is 12.0. The lowest BCUT2D eigenvalue weighted by Crippen LogP contribution is -2.05. The first-order chi connectivity index (χ1) is 12.2. The lowest BCUT2D eigenvalue weighted by Gasteiger charge is -2.04. The van der Waals surface area contributed by atoms with Crippen molar-refractivity contribution in [1.29, 1.82) is 0 Å². The molecule has 1 aromatic heterocycles. The van der Waals surface area contributed by atoms with Crippen molar-refractivity contribution < 1.29 is 18.7 Å². The molecule has 3 rings (SSSR count). The van der Waals surface area contributed by atoms with Gasteiger partial charge in [0, 0.05) is 10.6 Å². The van der Waals surface area contributed by atoms with Gasteiger partial charge in [-0.2, -0.15) is 0 Å². The molecule has 2 aromatic carbocycles. The molecule has 0 aliphatic carbocycles. The Morgan fingerprint density at radius 1 is 1.08 bits per heavy atom. The minimum Gasteiger partial charge on any atom is -0.494 e. The van der Waals surface area contributed by atoms with Gasteiger partial charge in [0.2, 0.25) is 5.89 Å². The first kappa shape index (κ1) is 17.0. The predicted octanol–water partition coefficient (Wildman–Crippen LogP) is 4.15. The molecule has 0 atom stereocenters. The first-order valence-electron chi connectivity index (χ1n) is 7.64. The van der Waals surface area contributed by atoms with E-state index in [9.17, 15) is 4.79 Å². The third kappa shape index (κ3) is 4.36. The first-order valence-corrected chi connectivity index (χ1v) is 8.02. The average molecular weight is 359 g/mol. The van der Waals surface area contributed by atoms with Crippen LogP contribution in [-0.4, -0.2) is 22.8 Å². The highest BCUT2D eigenvalue weighted by Gasteiger charge is 2.12. The van der Waals surface area contributed by atoms with Gasteiger partial charge in [-0.05, 0) is 55.5 Å². The predicted molar refractivity (Wildman–Crippen MR) is 91.5 cm³/mol. The zero-order valence-corrected chi connectivity index (χ0v) is 14.2. The Bertz CT molecular complexity index is 844. The second kappa shape index (κ2) is 7.81. The molecule has 7 heteroatoms. The zero-order chi connectivity index (χ0) is 17.6. The topological polar surface area (TPSA) is 74.5 Å². The summed E-state index contributed by atoms with van der Waals surface area (Å²) in [6.07, 6.45) is 0. The molecule has 128 valence electrons. The minimum absolute atomic E-state index is 0.105. The van der Waals surface area contributed by atoms with Crippen LogP contribution < -0.4 is 4.74 Å². The number of rotatable bonds is 6. The monoisotopic (exact) mass is 358 g/mol. The third-order valence-corrected chi connectivity index (χ3v) is 3.54. The molecule has 0 spiro atoms. The van der Waals surface area contributed by atoms with Gasteiger partial charge in [0.15, 0.2) is 6.61 Å². The quantitative estimate of drug-likeness (QED) is 0.616. The summed E-state index contributed by atoms with van der Waals surface area (Å²) in [5.41, 5.74) is 1.15. The van der Waals surface area contributed by atoms with Crippen LogP contribution in [-0.2, 0) is 11.3 Å². The van der Waals surface area contributed by atoms with Crippen LogP contribution in [0.15, 0.2) is 52.9 Å². The number of aromatic nitrogens is 2. The Hall–Kier alpha value is -2.86. The van der Waals surface area contributed by atoms with E-state index in [1.807, 2.05) is 6.92 Å². The van der Waals surface area contributed by atoms with E-state index >= 15 is 0 Å². The number of esters is 1. The Kier molecular flexibility index (Phi) is 5.30. The SMILES string of the molecule is CCOc1ccc(C(=O)OCc2nnc(-c3ccc(Cl)cc3)o2)cc1. The van der Waals surface area contributed by atoms with E-state index in [4.69, 9.17) is 25.5 Å². The number of carbonyl (C=O) groups excluding carboxylic acids is 1. The number of hydrogen-bond acceptors (Lipinski definition) is 6. The summed E-state index contributed by atoms with van der Waals surface area (Å²) < 4.78 is 16.0. The van der Waals surface area contributed by atoms with Crippen LogP contribution in [0, 0.1) is 0 Å². The molecule has 25 heavy (non-hydrogen) atoms. The van der Waals surface area contributed by atoms with E-state index in [2.05, 4.69) is 10.2 Å². The van der Waals surface area contributed by atoms with Crippen LogP contribution in [0.4, 0.5) is 0 Å². The van der Waals surface area contributed by atoms with Crippen molar-refractivity contribution in [2.24, 2.45) is 0 Å². The lowest BCUT2D eigenvalue weighted by molar-refractivity contribution is 0.0438. The second-order valence-corrected chi connectivity index (χ2v) is 5.48. The number of carbonyl (C=O) groups is 1. The Morgan fingerprint density at radius 2 is 1.80 bits per heavy atom. The van der Waals surface area contributed by atoms with Crippen LogP contribution in [0.1, 0.15) is 23.2 Å². The van der Waals surface area contributed by atoms with Gasteiger partial charge in [0.05, 0.1) is 12.2 Å². The smallest absolute Gasteiger partial charge is 0.338 e. The number of hydrogen-bond donors (Lipinski definition) is 0. The fourth-order valence-corrected chi connectivity index (χ4v) is 2.21. The van der Waals surface area contributed by atoms with Crippen molar-refractivity contribution in [2.75, 3.05) is 6.61 Å². The third-order valence-electron chi connectivity index (χ3n) is 3.29. The molecular formula is C18H15ClN2O4. The molecule has 6 nitrogen and oxygen atoms in total. The molecule has 0 aliphatic rings. The van der Waals surface area contributed by atoms with E-state index < -0.39 is 5.97 Å². The van der Waals surface area contributed by atoms with E-state index in [1.165, 1.54) is 0 Å². The molecule has 0 saturated carbocycles. The van der Waals surface area contributed by atoms with Crippen molar-refractivity contribution in [1.82, 2.24) is 10.2 Å². The number of halogens is 1. The van der Waals surface area contributed by atoms with E-state index in [-0.39, 0.29) is 12.5 Å². The summed E-state index contributed by atoms with van der Waals surface area (Å²) in [5.74, 6) is 0.769. The molecule has 0 fully saturated rings. The largest absolute Gasteiger partial charge is 0.494 e. The summed E-state index contributed by atoms with van der Waals surface area (Å²) in [5, 5.41) is 8.42. The Balaban J connectivity index is 1.60. The molecule has 0 unspecified atom stereocenters. The van der Waals surface area contributed by atoms with Crippen LogP contribution >= 0.6 is 11.6 Å². The van der Waals surface area contributed by atoms with Crippen molar-refractivity contribution in [3.63, 3.8) is 0 Å². The van der Waals surface area contributed by atoms with Crippen molar-refractivity contribution in [2.45, 2.75) is 13.5 Å². The molecule has 0 saturated heterocycles. The van der Waals surface area contributed by atoms with Crippen molar-refractivity contribution in [3.05, 3.63) is 65.0 Å². The van der Waals surface area contributed by atoms with Gasteiger partial charge in [-0.25, -0.2) is 4.79 Å². The molecular weight excluding hydrogens is 344 g/mol. The zero-order valence-electron chi connectivity index (χ0n) is 13.4. The lowest BCUT2D eigenvalue weighted by atomic mass is 10.2. The van der Waals surface area contributed by atoms with E-state index in [1.54, 1.807) is 48.5 Å². The molecule has 0 amide bonds. The number of benzene rings is 2.